The van der Waals surface area contributed by atoms with E-state index in [1.54, 1.807) is 0 Å². The molecule has 0 aliphatic carbocycles. The van der Waals surface area contributed by atoms with Gasteiger partial charge in [0.15, 0.2) is 0 Å². The van der Waals surface area contributed by atoms with E-state index in [1.165, 1.54) is 0 Å². The zero-order valence-corrected chi connectivity index (χ0v) is 15.0. The van der Waals surface area contributed by atoms with Crippen molar-refractivity contribution in [2.45, 2.75) is 39.5 Å². The molecule has 0 spiro atoms. The molecule has 2 nitrogen and oxygen atoms in total. The van der Waals surface area contributed by atoms with Crippen LogP contribution in [0.25, 0.3) is 0 Å². The van der Waals surface area contributed by atoms with Crippen LogP contribution in [-0.2, 0) is 33.1 Å². The molecule has 0 saturated carbocycles. The Hall–Kier alpha value is 2.56. The monoisotopic (exact) mass is 280 g/mol. The van der Waals surface area contributed by atoms with E-state index in [-0.39, 0.29) is 51.4 Å². The van der Waals surface area contributed by atoms with Crippen LogP contribution >= 0.6 is 5.69 Å². The maximum Gasteiger partial charge on any atom is 1.00 e. The quantitative estimate of drug-likeness (QED) is 0.277. The van der Waals surface area contributed by atoms with Gasteiger partial charge in [0.1, 0.15) is 0 Å². The van der Waals surface area contributed by atoms with Crippen molar-refractivity contribution in [3.8, 4) is 0 Å². The van der Waals surface area contributed by atoms with Gasteiger partial charge in [-0.05, 0) is 12.8 Å². The second kappa shape index (κ2) is 12.0. The maximum absolute atomic E-state index is 5.33. The third-order valence-electron chi connectivity index (χ3n) is 1.49. The molecule has 14 heavy (non-hydrogen) atoms. The van der Waals surface area contributed by atoms with Crippen molar-refractivity contribution in [3.05, 3.63) is 0 Å². The van der Waals surface area contributed by atoms with Crippen LogP contribution in [0, 0.1) is 0 Å². The molecule has 0 aromatic heterocycles. The van der Waals surface area contributed by atoms with Crippen LogP contribution in [0.1, 0.15) is 39.5 Å². The van der Waals surface area contributed by atoms with E-state index in [9.17, 15) is 0 Å². The molecule has 0 amide bonds. The van der Waals surface area contributed by atoms with Crippen molar-refractivity contribution in [2.75, 3.05) is 13.2 Å². The molecule has 0 aliphatic heterocycles. The van der Waals surface area contributed by atoms with Crippen LogP contribution in [0.3, 0.4) is 0 Å². The Morgan fingerprint density at radius 1 is 1.07 bits per heavy atom. The predicted molar refractivity (Wildman–Crippen MR) is 63.4 cm³/mol. The fourth-order valence-electron chi connectivity index (χ4n) is 0.679. The minimum Gasteiger partial charge on any atom is -0.691 e. The molecule has 0 aromatic carbocycles. The molecule has 0 bridgehead atoms. The fourth-order valence-corrected chi connectivity index (χ4v) is 2.35. The summed E-state index contributed by atoms with van der Waals surface area (Å²) in [7, 11) is 0. The van der Waals surface area contributed by atoms with E-state index in [2.05, 4.69) is 13.8 Å². The normalized spacial score (nSPS) is 11.1. The maximum atomic E-state index is 5.33. The Morgan fingerprint density at radius 3 is 1.71 bits per heavy atom. The van der Waals surface area contributed by atoms with Crippen LogP contribution in [0.15, 0.2) is 0 Å². The first kappa shape index (κ1) is 18.9. The molecule has 80 valence electrons. The van der Waals surface area contributed by atoms with E-state index in [4.69, 9.17) is 33.1 Å². The van der Waals surface area contributed by atoms with Crippen LogP contribution < -0.4 is 51.4 Å². The molecule has 0 aromatic rings. The Morgan fingerprint density at radius 2 is 1.43 bits per heavy atom. The summed E-state index contributed by atoms with van der Waals surface area (Å²) in [4.78, 5) is 0. The Balaban J connectivity index is 0. The second-order valence-corrected chi connectivity index (χ2v) is 7.81. The number of rotatable bonds is 8. The zero-order valence-electron chi connectivity index (χ0n) is 9.32. The number of hydrogen-bond acceptors (Lipinski definition) is 4. The molecular formula is C8H18KO2PS2. The summed E-state index contributed by atoms with van der Waals surface area (Å²) in [5.41, 5.74) is -2.34. The van der Waals surface area contributed by atoms with E-state index in [1.807, 2.05) is 0 Å². The van der Waals surface area contributed by atoms with Gasteiger partial charge in [-0.25, -0.2) is 0 Å². The average molecular weight is 280 g/mol. The van der Waals surface area contributed by atoms with Crippen molar-refractivity contribution in [3.63, 3.8) is 0 Å². The van der Waals surface area contributed by atoms with E-state index in [0.29, 0.717) is 13.2 Å². The fraction of sp³-hybridized carbons (Fsp3) is 1.00. The largest absolute Gasteiger partial charge is 1.00 e. The molecular weight excluding hydrogens is 262 g/mol. The van der Waals surface area contributed by atoms with Gasteiger partial charge >= 0.3 is 51.4 Å². The van der Waals surface area contributed by atoms with Gasteiger partial charge in [0.2, 0.25) is 0 Å². The molecule has 0 radical (unpaired) electrons. The first-order valence-corrected chi connectivity index (χ1v) is 8.37. The zero-order chi connectivity index (χ0) is 10.2. The Bertz CT molecular complexity index is 155. The van der Waals surface area contributed by atoms with Crippen LogP contribution in [0.4, 0.5) is 0 Å². The molecule has 0 fully saturated rings. The summed E-state index contributed by atoms with van der Waals surface area (Å²) >= 11 is 10.1. The average Bonchev–Trinajstić information content (AvgIpc) is 2.05. The predicted octanol–water partition coefficient (Wildman–Crippen LogP) is 0.395. The van der Waals surface area contributed by atoms with E-state index in [0.717, 1.165) is 25.7 Å². The molecule has 0 heterocycles. The molecule has 0 atom stereocenters. The third-order valence-corrected chi connectivity index (χ3v) is 3.76. The van der Waals surface area contributed by atoms with Gasteiger partial charge in [0, 0.05) is 0 Å². The van der Waals surface area contributed by atoms with Crippen LogP contribution in [-0.4, -0.2) is 13.2 Å². The Kier molecular flexibility index (Phi) is 16.2. The summed E-state index contributed by atoms with van der Waals surface area (Å²) in [5, 5.41) is 0. The topological polar surface area (TPSA) is 18.5 Å². The molecule has 6 heteroatoms. The van der Waals surface area contributed by atoms with Crippen molar-refractivity contribution in [1.82, 2.24) is 0 Å². The number of hydrogen-bond donors (Lipinski definition) is 0. The van der Waals surface area contributed by atoms with Gasteiger partial charge < -0.3 is 21.3 Å². The molecule has 0 N–H and O–H groups in total. The van der Waals surface area contributed by atoms with Crippen molar-refractivity contribution < 1.29 is 60.4 Å². The molecule has 0 aliphatic rings. The van der Waals surface area contributed by atoms with Gasteiger partial charge in [-0.1, -0.05) is 38.5 Å². The van der Waals surface area contributed by atoms with Crippen molar-refractivity contribution in [2.24, 2.45) is 0 Å². The SMILES string of the molecule is CCCCOP(=S)([S-])OCCCC.[K+]. The molecule has 0 saturated heterocycles. The molecule has 0 unspecified atom stereocenters. The summed E-state index contributed by atoms with van der Waals surface area (Å²) in [6, 6.07) is 0. The van der Waals surface area contributed by atoms with E-state index >= 15 is 0 Å². The van der Waals surface area contributed by atoms with Crippen LogP contribution in [0.5, 0.6) is 0 Å². The first-order valence-electron chi connectivity index (χ1n) is 4.72. The smallest absolute Gasteiger partial charge is 0.691 e. The van der Waals surface area contributed by atoms with Gasteiger partial charge in [-0.2, -0.15) is 0 Å². The van der Waals surface area contributed by atoms with E-state index < -0.39 is 5.69 Å². The van der Waals surface area contributed by atoms with Crippen LogP contribution in [0.2, 0.25) is 0 Å². The molecule has 0 rings (SSSR count). The Labute approximate surface area is 141 Å². The van der Waals surface area contributed by atoms with Gasteiger partial charge in [-0.15, -0.1) is 0 Å². The van der Waals surface area contributed by atoms with Gasteiger partial charge in [0.25, 0.3) is 0 Å². The van der Waals surface area contributed by atoms with Gasteiger partial charge in [0.05, 0.1) is 18.9 Å². The summed E-state index contributed by atoms with van der Waals surface area (Å²) in [5.74, 6) is 0. The summed E-state index contributed by atoms with van der Waals surface area (Å²) in [6.45, 7) is 5.50. The minimum atomic E-state index is -2.34. The number of unbranched alkanes of at least 4 members (excludes halogenated alkanes) is 2. The van der Waals surface area contributed by atoms with Crippen molar-refractivity contribution in [1.29, 1.82) is 0 Å². The van der Waals surface area contributed by atoms with Crippen molar-refractivity contribution >= 4 is 29.7 Å². The third kappa shape index (κ3) is 12.6. The minimum absolute atomic E-state index is 0. The first-order chi connectivity index (χ1) is 6.12. The summed E-state index contributed by atoms with van der Waals surface area (Å²) < 4.78 is 10.7. The summed E-state index contributed by atoms with van der Waals surface area (Å²) in [6.07, 6.45) is 4.21. The second-order valence-electron chi connectivity index (χ2n) is 2.82. The standard InChI is InChI=1S/C8H19O2PS2.K/c1-3-5-7-9-11(12,13)10-8-6-4-2;/h3-8H2,1-2H3,(H,12,13);/q;+1/p-1. The van der Waals surface area contributed by atoms with Gasteiger partial charge in [-0.3, -0.25) is 0 Å².